The smallest absolute Gasteiger partial charge is 0.113 e. The van der Waals surface area contributed by atoms with Crippen LogP contribution in [0.4, 0.5) is 0 Å². The van der Waals surface area contributed by atoms with Gasteiger partial charge in [0, 0.05) is 9.50 Å². The third-order valence-electron chi connectivity index (χ3n) is 2.56. The number of ether oxygens (including phenoxy) is 1. The van der Waals surface area contributed by atoms with Crippen molar-refractivity contribution >= 4 is 27.5 Å². The zero-order valence-electron chi connectivity index (χ0n) is 8.75. The number of rotatable bonds is 2. The molecule has 0 aromatic heterocycles. The average Bonchev–Trinajstić information content (AvgIpc) is 2.32. The number of benzene rings is 1. The molecule has 0 aliphatic carbocycles. The molecule has 86 valence electrons. The molecule has 0 saturated carbocycles. The molecule has 2 nitrogen and oxygen atoms in total. The molecule has 0 radical (unpaired) electrons. The van der Waals surface area contributed by atoms with Crippen molar-refractivity contribution in [1.29, 1.82) is 0 Å². The monoisotopic (exact) mass is 301 g/mol. The van der Waals surface area contributed by atoms with E-state index in [0.717, 1.165) is 35.2 Å². The molecule has 0 saturated heterocycles. The lowest BCUT2D eigenvalue weighted by Crippen LogP contribution is -2.18. The summed E-state index contributed by atoms with van der Waals surface area (Å²) < 4.78 is 6.52. The number of hydrogen-bond acceptors (Lipinski definition) is 2. The van der Waals surface area contributed by atoms with Gasteiger partial charge >= 0.3 is 0 Å². The Morgan fingerprint density at radius 3 is 2.94 bits per heavy atom. The first-order valence-corrected chi connectivity index (χ1v) is 6.39. The van der Waals surface area contributed by atoms with E-state index < -0.39 is 0 Å². The van der Waals surface area contributed by atoms with Crippen molar-refractivity contribution in [3.63, 3.8) is 0 Å². The first-order chi connectivity index (χ1) is 7.68. The third kappa shape index (κ3) is 2.59. The predicted molar refractivity (Wildman–Crippen MR) is 69.3 cm³/mol. The topological polar surface area (TPSA) is 35.2 Å². The highest BCUT2D eigenvalue weighted by Gasteiger charge is 2.18. The molecule has 1 aliphatic heterocycles. The van der Waals surface area contributed by atoms with Gasteiger partial charge in [0.15, 0.2) is 0 Å². The SMILES string of the molecule is NC(C1=CCCCO1)c1cc(Cl)ccc1Br. The fourth-order valence-electron chi connectivity index (χ4n) is 1.70. The van der Waals surface area contributed by atoms with E-state index in [1.54, 1.807) is 0 Å². The van der Waals surface area contributed by atoms with Crippen LogP contribution in [0.15, 0.2) is 34.5 Å². The Hall–Kier alpha value is -0.510. The Morgan fingerprint density at radius 2 is 2.25 bits per heavy atom. The van der Waals surface area contributed by atoms with Crippen LogP contribution in [-0.2, 0) is 4.74 Å². The van der Waals surface area contributed by atoms with Crippen molar-refractivity contribution in [2.24, 2.45) is 5.73 Å². The lowest BCUT2D eigenvalue weighted by Gasteiger charge is -2.21. The van der Waals surface area contributed by atoms with Gasteiger partial charge in [0.25, 0.3) is 0 Å². The third-order valence-corrected chi connectivity index (χ3v) is 3.52. The molecule has 2 N–H and O–H groups in total. The minimum absolute atomic E-state index is 0.242. The maximum Gasteiger partial charge on any atom is 0.113 e. The molecule has 0 spiro atoms. The van der Waals surface area contributed by atoms with Crippen LogP contribution in [0.25, 0.3) is 0 Å². The Labute approximate surface area is 109 Å². The van der Waals surface area contributed by atoms with Crippen LogP contribution in [0.2, 0.25) is 5.02 Å². The molecule has 16 heavy (non-hydrogen) atoms. The first-order valence-electron chi connectivity index (χ1n) is 5.22. The maximum atomic E-state index is 6.16. The van der Waals surface area contributed by atoms with Crippen molar-refractivity contribution in [3.8, 4) is 0 Å². The maximum absolute atomic E-state index is 6.16. The van der Waals surface area contributed by atoms with Gasteiger partial charge in [0.1, 0.15) is 5.76 Å². The molecule has 2 rings (SSSR count). The van der Waals surface area contributed by atoms with Gasteiger partial charge in [-0.2, -0.15) is 0 Å². The van der Waals surface area contributed by atoms with Crippen molar-refractivity contribution in [2.75, 3.05) is 6.61 Å². The molecule has 1 unspecified atom stereocenters. The summed E-state index contributed by atoms with van der Waals surface area (Å²) >= 11 is 9.44. The number of nitrogens with two attached hydrogens (primary N) is 1. The van der Waals surface area contributed by atoms with Crippen LogP contribution in [0.3, 0.4) is 0 Å². The van der Waals surface area contributed by atoms with Gasteiger partial charge in [0.2, 0.25) is 0 Å². The van der Waals surface area contributed by atoms with E-state index in [0.29, 0.717) is 5.02 Å². The van der Waals surface area contributed by atoms with Crippen molar-refractivity contribution in [2.45, 2.75) is 18.9 Å². The Bertz CT molecular complexity index is 419. The summed E-state index contributed by atoms with van der Waals surface area (Å²) in [7, 11) is 0. The molecule has 1 heterocycles. The quantitative estimate of drug-likeness (QED) is 0.902. The Morgan fingerprint density at radius 1 is 1.44 bits per heavy atom. The van der Waals surface area contributed by atoms with Gasteiger partial charge in [0.05, 0.1) is 12.6 Å². The van der Waals surface area contributed by atoms with Gasteiger partial charge in [-0.3, -0.25) is 0 Å². The van der Waals surface area contributed by atoms with Gasteiger partial charge in [-0.25, -0.2) is 0 Å². The van der Waals surface area contributed by atoms with E-state index in [2.05, 4.69) is 22.0 Å². The van der Waals surface area contributed by atoms with Crippen LogP contribution in [-0.4, -0.2) is 6.61 Å². The van der Waals surface area contributed by atoms with Crippen molar-refractivity contribution < 1.29 is 4.74 Å². The predicted octanol–water partition coefficient (Wildman–Crippen LogP) is 3.80. The molecular weight excluding hydrogens is 289 g/mol. The number of halogens is 2. The molecule has 1 aromatic rings. The lowest BCUT2D eigenvalue weighted by atomic mass is 10.0. The van der Waals surface area contributed by atoms with Gasteiger partial charge in [-0.1, -0.05) is 27.5 Å². The summed E-state index contributed by atoms with van der Waals surface area (Å²) in [5, 5.41) is 0.685. The van der Waals surface area contributed by atoms with Crippen LogP contribution < -0.4 is 5.73 Å². The van der Waals surface area contributed by atoms with Crippen LogP contribution in [0, 0.1) is 0 Å². The molecule has 1 aromatic carbocycles. The molecule has 1 atom stereocenters. The largest absolute Gasteiger partial charge is 0.496 e. The highest BCUT2D eigenvalue weighted by molar-refractivity contribution is 9.10. The van der Waals surface area contributed by atoms with E-state index in [9.17, 15) is 0 Å². The van der Waals surface area contributed by atoms with Crippen LogP contribution in [0.5, 0.6) is 0 Å². The van der Waals surface area contributed by atoms with Crippen LogP contribution >= 0.6 is 27.5 Å². The Kier molecular flexibility index (Phi) is 3.90. The Balaban J connectivity index is 2.29. The molecule has 0 bridgehead atoms. The summed E-state index contributed by atoms with van der Waals surface area (Å²) in [6.45, 7) is 0.748. The zero-order chi connectivity index (χ0) is 11.5. The lowest BCUT2D eigenvalue weighted by molar-refractivity contribution is 0.175. The van der Waals surface area contributed by atoms with Crippen molar-refractivity contribution in [1.82, 2.24) is 0 Å². The molecule has 1 aliphatic rings. The summed E-state index contributed by atoms with van der Waals surface area (Å²) in [5.74, 6) is 0.842. The van der Waals surface area contributed by atoms with Gasteiger partial charge in [-0.15, -0.1) is 0 Å². The van der Waals surface area contributed by atoms with E-state index in [1.807, 2.05) is 18.2 Å². The second kappa shape index (κ2) is 5.21. The van der Waals surface area contributed by atoms with E-state index >= 15 is 0 Å². The van der Waals surface area contributed by atoms with E-state index in [-0.39, 0.29) is 6.04 Å². The van der Waals surface area contributed by atoms with Crippen molar-refractivity contribution in [3.05, 3.63) is 45.1 Å². The minimum Gasteiger partial charge on any atom is -0.496 e. The highest BCUT2D eigenvalue weighted by atomic mass is 79.9. The molecule has 4 heteroatoms. The summed E-state index contributed by atoms with van der Waals surface area (Å²) in [4.78, 5) is 0. The first kappa shape index (κ1) is 12.0. The fraction of sp³-hybridized carbons (Fsp3) is 0.333. The molecular formula is C12H13BrClNO. The van der Waals surface area contributed by atoms with Crippen LogP contribution in [0.1, 0.15) is 24.4 Å². The zero-order valence-corrected chi connectivity index (χ0v) is 11.1. The second-order valence-electron chi connectivity index (χ2n) is 3.74. The van der Waals surface area contributed by atoms with E-state index in [1.165, 1.54) is 0 Å². The minimum atomic E-state index is -0.242. The standard InChI is InChI=1S/C12H13BrClNO/c13-10-5-4-8(14)7-9(10)12(15)11-3-1-2-6-16-11/h3-5,7,12H,1-2,6,15H2. The summed E-state index contributed by atoms with van der Waals surface area (Å²) in [6, 6.07) is 5.36. The van der Waals surface area contributed by atoms with E-state index in [4.69, 9.17) is 22.1 Å². The van der Waals surface area contributed by atoms with Gasteiger partial charge < -0.3 is 10.5 Å². The normalized spacial score (nSPS) is 17.6. The molecule has 0 amide bonds. The average molecular weight is 303 g/mol. The fourth-order valence-corrected chi connectivity index (χ4v) is 2.37. The summed E-state index contributed by atoms with van der Waals surface area (Å²) in [6.07, 6.45) is 4.15. The molecule has 0 fully saturated rings. The van der Waals surface area contributed by atoms with Gasteiger partial charge in [-0.05, 0) is 42.7 Å². The summed E-state index contributed by atoms with van der Waals surface area (Å²) in [5.41, 5.74) is 7.12. The number of hydrogen-bond donors (Lipinski definition) is 1. The highest BCUT2D eigenvalue weighted by Crippen LogP contribution is 2.31. The number of allylic oxidation sites excluding steroid dienone is 1. The second-order valence-corrected chi connectivity index (χ2v) is 5.03.